The molecule has 3 N–H and O–H groups in total. The summed E-state index contributed by atoms with van der Waals surface area (Å²) in [7, 11) is 0. The van der Waals surface area contributed by atoms with Gasteiger partial charge in [-0.15, -0.1) is 0 Å². The van der Waals surface area contributed by atoms with E-state index in [4.69, 9.17) is 5.73 Å². The molecule has 1 amide bonds. The summed E-state index contributed by atoms with van der Waals surface area (Å²) >= 11 is 0. The first kappa shape index (κ1) is 19.5. The molecule has 0 saturated heterocycles. The predicted octanol–water partition coefficient (Wildman–Crippen LogP) is 2.94. The zero-order valence-electron chi connectivity index (χ0n) is 14.1. The summed E-state index contributed by atoms with van der Waals surface area (Å²) < 4.78 is 41.1. The van der Waals surface area contributed by atoms with Gasteiger partial charge in [0.15, 0.2) is 6.61 Å². The molecule has 0 aliphatic heterocycles. The molecule has 0 atom stereocenters. The Balaban J connectivity index is 1.85. The lowest BCUT2D eigenvalue weighted by molar-refractivity contribution is -0.154. The highest BCUT2D eigenvalue weighted by Crippen LogP contribution is 2.38. The number of hydrogen-bond donors (Lipinski definition) is 2. The quantitative estimate of drug-likeness (QED) is 0.785. The smallest absolute Gasteiger partial charge is 0.422 e. The first-order valence-corrected chi connectivity index (χ1v) is 8.43. The van der Waals surface area contributed by atoms with Gasteiger partial charge in [-0.05, 0) is 36.4 Å². The van der Waals surface area contributed by atoms with Crippen LogP contribution in [0.3, 0.4) is 0 Å². The second kappa shape index (κ2) is 8.51. The summed E-state index contributed by atoms with van der Waals surface area (Å²) in [4.78, 5) is 16.0. The molecule has 5 nitrogen and oxygen atoms in total. The number of hydrogen-bond acceptors (Lipinski definition) is 4. The Hall–Kier alpha value is -1.83. The normalized spacial score (nSPS) is 17.1. The molecule has 140 valence electrons. The third-order valence-corrected chi connectivity index (χ3v) is 4.56. The molecule has 0 unspecified atom stereocenters. The number of nitrogens with zero attached hydrogens (tertiary/aromatic N) is 1. The number of alkyl halides is 3. The van der Waals surface area contributed by atoms with Gasteiger partial charge in [0.1, 0.15) is 0 Å². The van der Waals surface area contributed by atoms with Gasteiger partial charge >= 0.3 is 6.18 Å². The Labute approximate surface area is 145 Å². The van der Waals surface area contributed by atoms with Crippen LogP contribution in [0.5, 0.6) is 5.88 Å². The Morgan fingerprint density at radius 2 is 2.04 bits per heavy atom. The van der Waals surface area contributed by atoms with Crippen molar-refractivity contribution in [1.82, 2.24) is 10.3 Å². The Morgan fingerprint density at radius 3 is 2.68 bits per heavy atom. The largest absolute Gasteiger partial charge is 0.468 e. The van der Waals surface area contributed by atoms with Gasteiger partial charge in [-0.3, -0.25) is 4.79 Å². The Morgan fingerprint density at radius 1 is 1.32 bits per heavy atom. The van der Waals surface area contributed by atoms with Crippen molar-refractivity contribution in [1.29, 1.82) is 0 Å². The van der Waals surface area contributed by atoms with Crippen molar-refractivity contribution in [2.24, 2.45) is 11.1 Å². The minimum Gasteiger partial charge on any atom is -0.468 e. The molecular weight excluding hydrogens is 335 g/mol. The average molecular weight is 359 g/mol. The summed E-state index contributed by atoms with van der Waals surface area (Å²) in [6.07, 6.45) is 2.61. The van der Waals surface area contributed by atoms with E-state index >= 15 is 0 Å². The zero-order chi connectivity index (χ0) is 18.3. The molecule has 0 spiro atoms. The van der Waals surface area contributed by atoms with Crippen LogP contribution in [0, 0.1) is 5.41 Å². The van der Waals surface area contributed by atoms with Gasteiger partial charge in [-0.25, -0.2) is 4.98 Å². The van der Waals surface area contributed by atoms with Crippen LogP contribution in [0.15, 0.2) is 18.3 Å². The van der Waals surface area contributed by atoms with E-state index in [1.165, 1.54) is 18.7 Å². The van der Waals surface area contributed by atoms with Crippen LogP contribution in [0.2, 0.25) is 0 Å². The molecule has 0 aromatic carbocycles. The lowest BCUT2D eigenvalue weighted by Crippen LogP contribution is -2.38. The van der Waals surface area contributed by atoms with Gasteiger partial charge in [-0.2, -0.15) is 13.2 Å². The second-order valence-corrected chi connectivity index (χ2v) is 6.62. The summed E-state index contributed by atoms with van der Waals surface area (Å²) in [6, 6.07) is 3.02. The SMILES string of the molecule is NCC1(CC(=O)NCc2ccnc(OCC(F)(F)F)c2)CCCCC1. The molecule has 1 aromatic heterocycles. The molecule has 2 rings (SSSR count). The molecule has 1 heterocycles. The van der Waals surface area contributed by atoms with Gasteiger partial charge < -0.3 is 15.8 Å². The summed E-state index contributed by atoms with van der Waals surface area (Å²) in [5.74, 6) is -0.211. The highest BCUT2D eigenvalue weighted by atomic mass is 19.4. The molecule has 1 fully saturated rings. The van der Waals surface area contributed by atoms with Crippen LogP contribution in [0.25, 0.3) is 0 Å². The maximum Gasteiger partial charge on any atom is 0.422 e. The molecule has 1 aliphatic carbocycles. The number of nitrogens with two attached hydrogens (primary N) is 1. The minimum atomic E-state index is -4.41. The van der Waals surface area contributed by atoms with Crippen molar-refractivity contribution in [2.45, 2.75) is 51.2 Å². The fraction of sp³-hybridized carbons (Fsp3) is 0.647. The van der Waals surface area contributed by atoms with Gasteiger partial charge in [0, 0.05) is 25.2 Å². The van der Waals surface area contributed by atoms with Crippen molar-refractivity contribution in [2.75, 3.05) is 13.2 Å². The van der Waals surface area contributed by atoms with Crippen LogP contribution in [0.1, 0.15) is 44.1 Å². The molecule has 0 radical (unpaired) electrons. The monoisotopic (exact) mass is 359 g/mol. The molecule has 1 saturated carbocycles. The van der Waals surface area contributed by atoms with Crippen molar-refractivity contribution in [3.05, 3.63) is 23.9 Å². The lowest BCUT2D eigenvalue weighted by atomic mass is 9.71. The first-order valence-electron chi connectivity index (χ1n) is 8.43. The summed E-state index contributed by atoms with van der Waals surface area (Å²) in [6.45, 7) is -0.690. The predicted molar refractivity (Wildman–Crippen MR) is 86.8 cm³/mol. The van der Waals surface area contributed by atoms with Gasteiger partial charge in [0.25, 0.3) is 0 Å². The summed E-state index contributed by atoms with van der Waals surface area (Å²) in [5.41, 5.74) is 6.39. The number of rotatable bonds is 7. The van der Waals surface area contributed by atoms with Crippen LogP contribution in [-0.4, -0.2) is 30.2 Å². The van der Waals surface area contributed by atoms with E-state index in [0.717, 1.165) is 25.7 Å². The minimum absolute atomic E-state index is 0.0954. The van der Waals surface area contributed by atoms with Crippen molar-refractivity contribution in [3.63, 3.8) is 0 Å². The number of carbonyl (C=O) groups is 1. The number of aromatic nitrogens is 1. The Bertz CT molecular complexity index is 573. The van der Waals surface area contributed by atoms with E-state index in [2.05, 4.69) is 15.0 Å². The maximum absolute atomic E-state index is 12.2. The molecule has 25 heavy (non-hydrogen) atoms. The number of halogens is 3. The van der Waals surface area contributed by atoms with Crippen LogP contribution < -0.4 is 15.8 Å². The number of carbonyl (C=O) groups excluding carboxylic acids is 1. The summed E-state index contributed by atoms with van der Waals surface area (Å²) in [5, 5.41) is 2.80. The standard InChI is InChI=1S/C17H24F3N3O2/c18-17(19,20)12-25-15-8-13(4-7-22-15)10-23-14(24)9-16(11-21)5-2-1-3-6-16/h4,7-8H,1-3,5-6,9-12,21H2,(H,23,24). The third kappa shape index (κ3) is 6.53. The van der Waals surface area contributed by atoms with Gasteiger partial charge in [0.2, 0.25) is 11.8 Å². The molecule has 1 aromatic rings. The molecule has 0 bridgehead atoms. The van der Waals surface area contributed by atoms with E-state index in [-0.39, 0.29) is 23.7 Å². The van der Waals surface area contributed by atoms with Gasteiger partial charge in [0.05, 0.1) is 0 Å². The Kier molecular flexibility index (Phi) is 6.64. The fourth-order valence-electron chi connectivity index (χ4n) is 3.15. The second-order valence-electron chi connectivity index (χ2n) is 6.62. The van der Waals surface area contributed by atoms with E-state index in [0.29, 0.717) is 18.5 Å². The van der Waals surface area contributed by atoms with Crippen LogP contribution in [0.4, 0.5) is 13.2 Å². The maximum atomic E-state index is 12.2. The van der Waals surface area contributed by atoms with E-state index in [9.17, 15) is 18.0 Å². The average Bonchev–Trinajstić information content (AvgIpc) is 2.59. The number of ether oxygens (including phenoxy) is 1. The fourth-order valence-corrected chi connectivity index (χ4v) is 3.15. The number of nitrogens with one attached hydrogen (secondary N) is 1. The molecule has 1 aliphatic rings. The van der Waals surface area contributed by atoms with Crippen molar-refractivity contribution < 1.29 is 22.7 Å². The van der Waals surface area contributed by atoms with E-state index in [1.54, 1.807) is 6.07 Å². The highest BCUT2D eigenvalue weighted by molar-refractivity contribution is 5.76. The first-order chi connectivity index (χ1) is 11.8. The molecular formula is C17H24F3N3O2. The van der Waals surface area contributed by atoms with E-state index in [1.807, 2.05) is 0 Å². The van der Waals surface area contributed by atoms with Crippen LogP contribution >= 0.6 is 0 Å². The molecule has 8 heteroatoms. The lowest BCUT2D eigenvalue weighted by Gasteiger charge is -2.35. The van der Waals surface area contributed by atoms with Gasteiger partial charge in [-0.1, -0.05) is 19.3 Å². The number of pyridine rings is 1. The highest BCUT2D eigenvalue weighted by Gasteiger charge is 2.33. The zero-order valence-corrected chi connectivity index (χ0v) is 14.1. The third-order valence-electron chi connectivity index (χ3n) is 4.56. The van der Waals surface area contributed by atoms with Crippen molar-refractivity contribution in [3.8, 4) is 5.88 Å². The number of amides is 1. The topological polar surface area (TPSA) is 77.2 Å². The van der Waals surface area contributed by atoms with E-state index < -0.39 is 12.8 Å². The van der Waals surface area contributed by atoms with Crippen LogP contribution in [-0.2, 0) is 11.3 Å². The van der Waals surface area contributed by atoms with Crippen molar-refractivity contribution >= 4 is 5.91 Å².